The maximum absolute atomic E-state index is 12.2. The number of hydrogen-bond donors (Lipinski definition) is 2. The number of phosphoric ester groups is 1. The Morgan fingerprint density at radius 3 is 2.03 bits per heavy atom. The van der Waals surface area contributed by atoms with Crippen LogP contribution in [0.5, 0.6) is 0 Å². The predicted octanol–water partition coefficient (Wildman–Crippen LogP) is 6.18. The lowest BCUT2D eigenvalue weighted by atomic mass is 10.1. The third-order valence-electron chi connectivity index (χ3n) is 5.38. The molecule has 0 spiro atoms. The number of thioether (sulfide) groups is 1. The van der Waals surface area contributed by atoms with Crippen molar-refractivity contribution >= 4 is 32.0 Å². The Labute approximate surface area is 210 Å². The molecule has 0 aliphatic rings. The highest BCUT2D eigenvalue weighted by atomic mass is 32.2. The largest absolute Gasteiger partial charge is 0.469 e. The highest BCUT2D eigenvalue weighted by molar-refractivity contribution is 7.99. The van der Waals surface area contributed by atoms with Crippen LogP contribution in [-0.2, 0) is 28.2 Å². The van der Waals surface area contributed by atoms with Crippen LogP contribution in [-0.4, -0.2) is 53.1 Å². The first kappa shape index (κ1) is 33.4. The van der Waals surface area contributed by atoms with Crippen LogP contribution in [0.2, 0.25) is 0 Å². The van der Waals surface area contributed by atoms with E-state index in [2.05, 4.69) is 16.2 Å². The zero-order valence-corrected chi connectivity index (χ0v) is 22.7. The first-order chi connectivity index (χ1) is 16.4. The summed E-state index contributed by atoms with van der Waals surface area (Å²) in [6.45, 7) is 2.84. The molecule has 0 amide bonds. The van der Waals surface area contributed by atoms with Crippen molar-refractivity contribution in [2.75, 3.05) is 24.7 Å². The minimum atomic E-state index is -4.61. The number of unbranched alkanes of at least 4 members (excludes halogenated alkanes) is 13. The second-order valence-electron chi connectivity index (χ2n) is 8.64. The number of esters is 1. The standard InChI is InChI=1S/C24H47O8PS/c1-2-3-4-5-6-7-8-9-11-14-17-24(26)32-23(20-31-33(27,28)29)21-34-19-16-13-10-12-15-18-30-22-25/h22-23H,2-21H2,1H3,(H2,27,28,29)/t23-/m1/s1. The summed E-state index contributed by atoms with van der Waals surface area (Å²) >= 11 is 1.59. The number of phosphoric acid groups is 1. The van der Waals surface area contributed by atoms with Crippen molar-refractivity contribution in [1.29, 1.82) is 0 Å². The molecule has 0 bridgehead atoms. The van der Waals surface area contributed by atoms with E-state index in [0.29, 0.717) is 25.3 Å². The summed E-state index contributed by atoms with van der Waals surface area (Å²) in [5, 5.41) is 0. The van der Waals surface area contributed by atoms with E-state index < -0.39 is 13.9 Å². The maximum atomic E-state index is 12.2. The van der Waals surface area contributed by atoms with Gasteiger partial charge < -0.3 is 19.3 Å². The fourth-order valence-corrected chi connectivity index (χ4v) is 4.84. The lowest BCUT2D eigenvalue weighted by Gasteiger charge is -2.18. The Morgan fingerprint density at radius 1 is 0.882 bits per heavy atom. The number of ether oxygens (including phenoxy) is 2. The van der Waals surface area contributed by atoms with Gasteiger partial charge in [0.1, 0.15) is 6.10 Å². The van der Waals surface area contributed by atoms with E-state index in [1.807, 2.05) is 0 Å². The summed E-state index contributed by atoms with van der Waals surface area (Å²) in [6, 6.07) is 0. The SMILES string of the molecule is CCCCCCCCCCCCC(=O)O[C@H](COP(=O)(O)O)CSCCCCCCCOC=O. The van der Waals surface area contributed by atoms with Gasteiger partial charge in [0.15, 0.2) is 0 Å². The highest BCUT2D eigenvalue weighted by Gasteiger charge is 2.21. The van der Waals surface area contributed by atoms with Crippen molar-refractivity contribution in [3.63, 3.8) is 0 Å². The van der Waals surface area contributed by atoms with E-state index in [1.165, 1.54) is 44.9 Å². The number of rotatable bonds is 26. The molecule has 0 heterocycles. The summed E-state index contributed by atoms with van der Waals surface area (Å²) in [7, 11) is -4.61. The second-order valence-corrected chi connectivity index (χ2v) is 11.0. The summed E-state index contributed by atoms with van der Waals surface area (Å²) in [4.78, 5) is 40.2. The van der Waals surface area contributed by atoms with E-state index in [4.69, 9.17) is 14.5 Å². The van der Waals surface area contributed by atoms with Gasteiger partial charge >= 0.3 is 13.8 Å². The first-order valence-corrected chi connectivity index (χ1v) is 15.6. The van der Waals surface area contributed by atoms with E-state index in [9.17, 15) is 14.2 Å². The molecule has 0 saturated carbocycles. The van der Waals surface area contributed by atoms with Crippen LogP contribution in [0, 0.1) is 0 Å². The van der Waals surface area contributed by atoms with Crippen LogP contribution >= 0.6 is 19.6 Å². The van der Waals surface area contributed by atoms with Gasteiger partial charge in [-0.15, -0.1) is 0 Å². The Kier molecular flexibility index (Phi) is 23.7. The van der Waals surface area contributed by atoms with Gasteiger partial charge in [-0.3, -0.25) is 14.1 Å². The van der Waals surface area contributed by atoms with Gasteiger partial charge in [-0.1, -0.05) is 84.0 Å². The topological polar surface area (TPSA) is 119 Å². The molecule has 0 fully saturated rings. The van der Waals surface area contributed by atoms with Crippen molar-refractivity contribution in [2.24, 2.45) is 0 Å². The molecule has 10 heteroatoms. The van der Waals surface area contributed by atoms with Gasteiger partial charge in [-0.25, -0.2) is 4.57 Å². The van der Waals surface area contributed by atoms with Gasteiger partial charge in [0.2, 0.25) is 0 Å². The predicted molar refractivity (Wildman–Crippen MR) is 137 cm³/mol. The molecule has 2 N–H and O–H groups in total. The Hall–Kier alpha value is -0.600. The quantitative estimate of drug-likeness (QED) is 0.0589. The lowest BCUT2D eigenvalue weighted by Crippen LogP contribution is -2.25. The minimum absolute atomic E-state index is 0.308. The van der Waals surface area contributed by atoms with Crippen LogP contribution in [0.15, 0.2) is 0 Å². The van der Waals surface area contributed by atoms with Crippen molar-refractivity contribution in [3.8, 4) is 0 Å². The third-order valence-corrected chi connectivity index (χ3v) is 7.05. The summed E-state index contributed by atoms with van der Waals surface area (Å²) in [5.74, 6) is 0.974. The fourth-order valence-electron chi connectivity index (χ4n) is 3.48. The molecule has 0 radical (unpaired) electrons. The van der Waals surface area contributed by atoms with Gasteiger partial charge in [0.05, 0.1) is 13.2 Å². The van der Waals surface area contributed by atoms with Gasteiger partial charge in [-0.2, -0.15) is 11.8 Å². The molecule has 1 atom stereocenters. The molecule has 0 unspecified atom stereocenters. The smallest absolute Gasteiger partial charge is 0.468 e. The van der Waals surface area contributed by atoms with Crippen molar-refractivity contribution in [1.82, 2.24) is 0 Å². The molecule has 0 aromatic rings. The first-order valence-electron chi connectivity index (χ1n) is 12.9. The van der Waals surface area contributed by atoms with Crippen LogP contribution in [0.3, 0.4) is 0 Å². The van der Waals surface area contributed by atoms with E-state index in [0.717, 1.165) is 57.1 Å². The molecule has 0 aliphatic carbocycles. The summed E-state index contributed by atoms with van der Waals surface area (Å²) in [6.07, 6.45) is 16.5. The molecular weight excluding hydrogens is 479 g/mol. The van der Waals surface area contributed by atoms with E-state index in [-0.39, 0.29) is 12.6 Å². The van der Waals surface area contributed by atoms with Gasteiger partial charge in [0, 0.05) is 12.2 Å². The highest BCUT2D eigenvalue weighted by Crippen LogP contribution is 2.36. The Balaban J connectivity index is 3.94. The van der Waals surface area contributed by atoms with Crippen molar-refractivity contribution < 1.29 is 37.9 Å². The Bertz CT molecular complexity index is 529. The van der Waals surface area contributed by atoms with E-state index in [1.54, 1.807) is 11.8 Å². The third kappa shape index (κ3) is 26.0. The molecule has 34 heavy (non-hydrogen) atoms. The average Bonchev–Trinajstić information content (AvgIpc) is 2.79. The van der Waals surface area contributed by atoms with E-state index >= 15 is 0 Å². The van der Waals surface area contributed by atoms with Gasteiger partial charge in [0.25, 0.3) is 6.47 Å². The van der Waals surface area contributed by atoms with Crippen LogP contribution in [0.1, 0.15) is 110 Å². The minimum Gasteiger partial charge on any atom is -0.468 e. The van der Waals surface area contributed by atoms with Crippen molar-refractivity contribution in [2.45, 2.75) is 116 Å². The van der Waals surface area contributed by atoms with Crippen LogP contribution in [0.25, 0.3) is 0 Å². The molecule has 0 aliphatic heterocycles. The average molecular weight is 527 g/mol. The fraction of sp³-hybridized carbons (Fsp3) is 0.917. The second kappa shape index (κ2) is 24.1. The van der Waals surface area contributed by atoms with Crippen LogP contribution in [0.4, 0.5) is 0 Å². The normalized spacial score (nSPS) is 12.4. The molecule has 0 rings (SSSR count). The lowest BCUT2D eigenvalue weighted by molar-refractivity contribution is -0.149. The Morgan fingerprint density at radius 2 is 1.44 bits per heavy atom. The molecule has 202 valence electrons. The molecule has 0 aromatic heterocycles. The number of hydrogen-bond acceptors (Lipinski definition) is 7. The molecule has 0 saturated heterocycles. The summed E-state index contributed by atoms with van der Waals surface area (Å²) < 4.78 is 25.7. The number of carbonyl (C=O) groups excluding carboxylic acids is 2. The number of carbonyl (C=O) groups is 2. The zero-order chi connectivity index (χ0) is 25.3. The van der Waals surface area contributed by atoms with Crippen LogP contribution < -0.4 is 0 Å². The molecule has 0 aromatic carbocycles. The maximum Gasteiger partial charge on any atom is 0.469 e. The molecular formula is C24H47O8PS. The van der Waals surface area contributed by atoms with Gasteiger partial charge in [-0.05, 0) is 25.0 Å². The van der Waals surface area contributed by atoms with Crippen molar-refractivity contribution in [3.05, 3.63) is 0 Å². The molecule has 8 nitrogen and oxygen atoms in total. The zero-order valence-electron chi connectivity index (χ0n) is 21.0. The summed E-state index contributed by atoms with van der Waals surface area (Å²) in [5.41, 5.74) is 0. The monoisotopic (exact) mass is 526 g/mol.